The van der Waals surface area contributed by atoms with E-state index in [9.17, 15) is 21.6 Å². The number of nitrogens with one attached hydrogen (secondary N) is 2. The van der Waals surface area contributed by atoms with Crippen molar-refractivity contribution in [1.29, 1.82) is 0 Å². The first kappa shape index (κ1) is 21.1. The molecular formula is C16H25F3N4O2S. The van der Waals surface area contributed by atoms with E-state index in [1.807, 2.05) is 6.07 Å². The van der Waals surface area contributed by atoms with Crippen molar-refractivity contribution in [2.45, 2.75) is 25.7 Å². The molecule has 1 atom stereocenters. The molecule has 1 heterocycles. The largest absolute Gasteiger partial charge is 0.405 e. The van der Waals surface area contributed by atoms with Crippen molar-refractivity contribution in [3.05, 3.63) is 35.9 Å². The van der Waals surface area contributed by atoms with Crippen LogP contribution in [0.25, 0.3) is 0 Å². The number of benzene rings is 1. The number of piperazine rings is 1. The Morgan fingerprint density at radius 2 is 1.85 bits per heavy atom. The fourth-order valence-corrected chi connectivity index (χ4v) is 4.08. The van der Waals surface area contributed by atoms with Gasteiger partial charge < -0.3 is 5.32 Å². The highest BCUT2D eigenvalue weighted by Crippen LogP contribution is 2.25. The Kier molecular flexibility index (Phi) is 7.42. The van der Waals surface area contributed by atoms with E-state index < -0.39 is 29.0 Å². The van der Waals surface area contributed by atoms with Gasteiger partial charge in [0.25, 0.3) is 10.2 Å². The van der Waals surface area contributed by atoms with Gasteiger partial charge in [-0.3, -0.25) is 4.90 Å². The van der Waals surface area contributed by atoms with Crippen molar-refractivity contribution in [2.24, 2.45) is 0 Å². The second-order valence-electron chi connectivity index (χ2n) is 6.11. The molecule has 10 heteroatoms. The molecule has 0 aromatic heterocycles. The average Bonchev–Trinajstić information content (AvgIpc) is 2.60. The van der Waals surface area contributed by atoms with Crippen molar-refractivity contribution in [1.82, 2.24) is 19.2 Å². The minimum atomic E-state index is -4.50. The van der Waals surface area contributed by atoms with E-state index in [-0.39, 0.29) is 26.2 Å². The predicted octanol–water partition coefficient (Wildman–Crippen LogP) is 1.18. The van der Waals surface area contributed by atoms with Crippen LogP contribution in [0, 0.1) is 0 Å². The summed E-state index contributed by atoms with van der Waals surface area (Å²) >= 11 is 0. The van der Waals surface area contributed by atoms with Gasteiger partial charge in [0.05, 0.1) is 0 Å². The molecule has 1 fully saturated rings. The van der Waals surface area contributed by atoms with Gasteiger partial charge in [-0.2, -0.15) is 25.9 Å². The Bertz CT molecular complexity index is 649. The standard InChI is InChI=1S/C16H25F3N4O2S/c1-2-23(13-14-6-4-3-5-7-14)26(24,25)21-12-15(16(17,18)19)22-10-8-20-9-11-22/h3-7,15,20-21H,2,8-13H2,1H3. The lowest BCUT2D eigenvalue weighted by atomic mass is 10.2. The fourth-order valence-electron chi connectivity index (χ4n) is 2.87. The molecule has 0 bridgehead atoms. The van der Waals surface area contributed by atoms with Gasteiger partial charge in [0, 0.05) is 45.8 Å². The topological polar surface area (TPSA) is 64.7 Å². The fraction of sp³-hybridized carbons (Fsp3) is 0.625. The molecule has 1 aromatic carbocycles. The molecule has 0 saturated carbocycles. The SMILES string of the molecule is CCN(Cc1ccccc1)S(=O)(=O)NCC(N1CCNCC1)C(F)(F)F. The molecule has 0 radical (unpaired) electrons. The van der Waals surface area contributed by atoms with Crippen LogP contribution >= 0.6 is 0 Å². The molecule has 1 aromatic rings. The summed E-state index contributed by atoms with van der Waals surface area (Å²) in [5, 5.41) is 2.99. The average molecular weight is 394 g/mol. The van der Waals surface area contributed by atoms with Gasteiger partial charge in [0.2, 0.25) is 0 Å². The molecule has 2 rings (SSSR count). The summed E-state index contributed by atoms with van der Waals surface area (Å²) in [7, 11) is -4.02. The van der Waals surface area contributed by atoms with E-state index in [1.165, 1.54) is 4.90 Å². The molecule has 1 saturated heterocycles. The number of nitrogens with zero attached hydrogens (tertiary/aromatic N) is 2. The van der Waals surface area contributed by atoms with Crippen LogP contribution in [0.1, 0.15) is 12.5 Å². The lowest BCUT2D eigenvalue weighted by Gasteiger charge is -2.36. The van der Waals surface area contributed by atoms with E-state index in [1.54, 1.807) is 31.2 Å². The highest BCUT2D eigenvalue weighted by atomic mass is 32.2. The number of hydrogen-bond donors (Lipinski definition) is 2. The lowest BCUT2D eigenvalue weighted by molar-refractivity contribution is -0.182. The van der Waals surface area contributed by atoms with Crippen molar-refractivity contribution >= 4 is 10.2 Å². The van der Waals surface area contributed by atoms with Crippen LogP contribution in [0.2, 0.25) is 0 Å². The maximum atomic E-state index is 13.4. The second-order valence-corrected chi connectivity index (χ2v) is 7.86. The van der Waals surface area contributed by atoms with E-state index >= 15 is 0 Å². The molecule has 1 unspecified atom stereocenters. The first-order valence-electron chi connectivity index (χ1n) is 8.54. The van der Waals surface area contributed by atoms with E-state index in [0.29, 0.717) is 13.1 Å². The van der Waals surface area contributed by atoms with Crippen LogP contribution in [0.15, 0.2) is 30.3 Å². The zero-order valence-corrected chi connectivity index (χ0v) is 15.5. The summed E-state index contributed by atoms with van der Waals surface area (Å²) in [4.78, 5) is 1.27. The molecular weight excluding hydrogens is 369 g/mol. The van der Waals surface area contributed by atoms with Crippen LogP contribution in [0.3, 0.4) is 0 Å². The molecule has 2 N–H and O–H groups in total. The molecule has 1 aliphatic rings. The van der Waals surface area contributed by atoms with E-state index in [4.69, 9.17) is 0 Å². The zero-order chi connectivity index (χ0) is 19.2. The first-order valence-corrected chi connectivity index (χ1v) is 9.98. The number of rotatable bonds is 8. The third-order valence-electron chi connectivity index (χ3n) is 4.32. The minimum absolute atomic E-state index is 0.108. The Labute approximate surface area is 152 Å². The van der Waals surface area contributed by atoms with Gasteiger partial charge in [-0.25, -0.2) is 4.72 Å². The highest BCUT2D eigenvalue weighted by molar-refractivity contribution is 7.87. The van der Waals surface area contributed by atoms with Gasteiger partial charge in [-0.05, 0) is 5.56 Å². The van der Waals surface area contributed by atoms with Crippen LogP contribution in [-0.4, -0.2) is 69.1 Å². The molecule has 0 aliphatic carbocycles. The lowest BCUT2D eigenvalue weighted by Crippen LogP contribution is -2.58. The van der Waals surface area contributed by atoms with Crippen molar-refractivity contribution in [2.75, 3.05) is 39.3 Å². The highest BCUT2D eigenvalue weighted by Gasteiger charge is 2.44. The maximum Gasteiger partial charge on any atom is 0.405 e. The third-order valence-corrected chi connectivity index (χ3v) is 5.92. The molecule has 1 aliphatic heterocycles. The molecule has 148 valence electrons. The summed E-state index contributed by atoms with van der Waals surface area (Å²) in [5.74, 6) is 0. The summed E-state index contributed by atoms with van der Waals surface area (Å²) in [6.07, 6.45) is -4.50. The zero-order valence-electron chi connectivity index (χ0n) is 14.7. The second kappa shape index (κ2) is 9.14. The van der Waals surface area contributed by atoms with Gasteiger partial charge in [-0.15, -0.1) is 0 Å². The normalized spacial score (nSPS) is 18.2. The molecule has 0 spiro atoms. The van der Waals surface area contributed by atoms with Gasteiger partial charge in [0.15, 0.2) is 0 Å². The Hall–Kier alpha value is -1.20. The first-order chi connectivity index (χ1) is 12.2. The molecule has 6 nitrogen and oxygen atoms in total. The van der Waals surface area contributed by atoms with Crippen LogP contribution in [0.5, 0.6) is 0 Å². The van der Waals surface area contributed by atoms with Crippen molar-refractivity contribution in [3.8, 4) is 0 Å². The number of halogens is 3. The summed E-state index contributed by atoms with van der Waals surface area (Å²) in [6, 6.07) is 7.10. The minimum Gasteiger partial charge on any atom is -0.314 e. The van der Waals surface area contributed by atoms with Crippen LogP contribution in [-0.2, 0) is 16.8 Å². The number of alkyl halides is 3. The maximum absolute atomic E-state index is 13.4. The monoisotopic (exact) mass is 394 g/mol. The Balaban J connectivity index is 2.05. The molecule has 0 amide bonds. The smallest absolute Gasteiger partial charge is 0.314 e. The third kappa shape index (κ3) is 5.92. The van der Waals surface area contributed by atoms with Crippen molar-refractivity contribution < 1.29 is 21.6 Å². The van der Waals surface area contributed by atoms with Crippen LogP contribution in [0.4, 0.5) is 13.2 Å². The van der Waals surface area contributed by atoms with E-state index in [2.05, 4.69) is 10.0 Å². The van der Waals surface area contributed by atoms with Gasteiger partial charge in [0.1, 0.15) is 6.04 Å². The van der Waals surface area contributed by atoms with Crippen molar-refractivity contribution in [3.63, 3.8) is 0 Å². The summed E-state index contributed by atoms with van der Waals surface area (Å²) in [6.45, 7) is 2.59. The Morgan fingerprint density at radius 3 is 2.38 bits per heavy atom. The summed E-state index contributed by atoms with van der Waals surface area (Å²) < 4.78 is 68.5. The Morgan fingerprint density at radius 1 is 1.23 bits per heavy atom. The predicted molar refractivity (Wildman–Crippen MR) is 93.7 cm³/mol. The summed E-state index contributed by atoms with van der Waals surface area (Å²) in [5.41, 5.74) is 0.772. The van der Waals surface area contributed by atoms with Crippen LogP contribution < -0.4 is 10.0 Å². The molecule has 26 heavy (non-hydrogen) atoms. The quantitative estimate of drug-likeness (QED) is 0.695. The van der Waals surface area contributed by atoms with Gasteiger partial charge >= 0.3 is 6.18 Å². The van der Waals surface area contributed by atoms with E-state index in [0.717, 1.165) is 9.87 Å². The van der Waals surface area contributed by atoms with Gasteiger partial charge in [-0.1, -0.05) is 37.3 Å². The number of hydrogen-bond acceptors (Lipinski definition) is 4.